The fourth-order valence-electron chi connectivity index (χ4n) is 2.74. The van der Waals surface area contributed by atoms with E-state index in [0.717, 1.165) is 6.42 Å². The van der Waals surface area contributed by atoms with Gasteiger partial charge in [-0.25, -0.2) is 4.39 Å². The first-order valence-corrected chi connectivity index (χ1v) is 7.42. The zero-order valence-corrected chi connectivity index (χ0v) is 12.4. The summed E-state index contributed by atoms with van der Waals surface area (Å²) in [5.74, 6) is -0.529. The average Bonchev–Trinajstić information content (AvgIpc) is 2.45. The Labute approximate surface area is 124 Å². The summed E-state index contributed by atoms with van der Waals surface area (Å²) in [5, 5.41) is 2.79. The Morgan fingerprint density at radius 3 is 2.67 bits per heavy atom. The van der Waals surface area contributed by atoms with Gasteiger partial charge in [0, 0.05) is 6.54 Å². The van der Waals surface area contributed by atoms with Crippen molar-refractivity contribution in [3.63, 3.8) is 0 Å². The fraction of sp³-hybridized carbons (Fsp3) is 0.500. The first-order chi connectivity index (χ1) is 10.1. The van der Waals surface area contributed by atoms with E-state index in [4.69, 9.17) is 0 Å². The van der Waals surface area contributed by atoms with Crippen molar-refractivity contribution in [3.05, 3.63) is 35.6 Å². The summed E-state index contributed by atoms with van der Waals surface area (Å²) >= 11 is 0. The second-order valence-electron chi connectivity index (χ2n) is 5.37. The molecule has 0 bridgehead atoms. The van der Waals surface area contributed by atoms with Gasteiger partial charge in [-0.1, -0.05) is 32.4 Å². The van der Waals surface area contributed by atoms with Gasteiger partial charge in [0.15, 0.2) is 0 Å². The van der Waals surface area contributed by atoms with Crippen LogP contribution in [0.1, 0.15) is 38.7 Å². The van der Waals surface area contributed by atoms with Crippen LogP contribution in [0.2, 0.25) is 0 Å². The molecule has 21 heavy (non-hydrogen) atoms. The van der Waals surface area contributed by atoms with E-state index in [9.17, 15) is 14.0 Å². The molecule has 114 valence electrons. The summed E-state index contributed by atoms with van der Waals surface area (Å²) in [6.07, 6.45) is 1.99. The number of hydrogen-bond donors (Lipinski definition) is 1. The number of benzene rings is 1. The summed E-state index contributed by atoms with van der Waals surface area (Å²) in [7, 11) is 0. The van der Waals surface area contributed by atoms with Crippen molar-refractivity contribution < 1.29 is 14.0 Å². The second kappa shape index (κ2) is 6.70. The molecule has 0 radical (unpaired) electrons. The second-order valence-corrected chi connectivity index (χ2v) is 5.37. The minimum absolute atomic E-state index is 0.0763. The SMILES string of the molecule is CCCC1NC(=O)C(CC)N(Cc2cccc(F)c2)C1=O. The molecule has 1 aromatic carbocycles. The van der Waals surface area contributed by atoms with Crippen LogP contribution in [0.25, 0.3) is 0 Å². The molecule has 0 aliphatic carbocycles. The Balaban J connectivity index is 2.23. The zero-order chi connectivity index (χ0) is 15.4. The molecule has 2 atom stereocenters. The molecule has 2 amide bonds. The van der Waals surface area contributed by atoms with Crippen molar-refractivity contribution in [2.45, 2.75) is 51.7 Å². The molecule has 1 aliphatic heterocycles. The van der Waals surface area contributed by atoms with E-state index in [1.807, 2.05) is 13.8 Å². The fourth-order valence-corrected chi connectivity index (χ4v) is 2.74. The lowest BCUT2D eigenvalue weighted by Crippen LogP contribution is -2.62. The van der Waals surface area contributed by atoms with E-state index in [2.05, 4.69) is 5.32 Å². The lowest BCUT2D eigenvalue weighted by molar-refractivity contribution is -0.150. The van der Waals surface area contributed by atoms with Crippen LogP contribution in [0, 0.1) is 5.82 Å². The van der Waals surface area contributed by atoms with Gasteiger partial charge in [-0.2, -0.15) is 0 Å². The van der Waals surface area contributed by atoms with Crippen molar-refractivity contribution in [3.8, 4) is 0 Å². The van der Waals surface area contributed by atoms with E-state index < -0.39 is 12.1 Å². The average molecular weight is 292 g/mol. The Hall–Kier alpha value is -1.91. The molecule has 2 rings (SSSR count). The molecule has 0 spiro atoms. The van der Waals surface area contributed by atoms with Crippen molar-refractivity contribution in [1.82, 2.24) is 10.2 Å². The summed E-state index contributed by atoms with van der Waals surface area (Å²) in [6, 6.07) is 5.22. The van der Waals surface area contributed by atoms with Crippen molar-refractivity contribution in [2.24, 2.45) is 0 Å². The number of piperazine rings is 1. The molecule has 0 aromatic heterocycles. The maximum absolute atomic E-state index is 13.3. The number of amides is 2. The van der Waals surface area contributed by atoms with Gasteiger partial charge in [-0.3, -0.25) is 9.59 Å². The number of halogens is 1. The molecular weight excluding hydrogens is 271 g/mol. The highest BCUT2D eigenvalue weighted by Gasteiger charge is 2.38. The van der Waals surface area contributed by atoms with Gasteiger partial charge >= 0.3 is 0 Å². The quantitative estimate of drug-likeness (QED) is 0.904. The number of nitrogens with zero attached hydrogens (tertiary/aromatic N) is 1. The molecule has 1 heterocycles. The van der Waals surface area contributed by atoms with Gasteiger partial charge in [0.1, 0.15) is 17.9 Å². The van der Waals surface area contributed by atoms with Crippen LogP contribution in [-0.2, 0) is 16.1 Å². The van der Waals surface area contributed by atoms with E-state index in [1.165, 1.54) is 12.1 Å². The summed E-state index contributed by atoms with van der Waals surface area (Å²) in [5.41, 5.74) is 0.701. The van der Waals surface area contributed by atoms with Gasteiger partial charge in [0.25, 0.3) is 0 Å². The van der Waals surface area contributed by atoms with E-state index >= 15 is 0 Å². The third kappa shape index (κ3) is 3.40. The topological polar surface area (TPSA) is 49.4 Å². The first-order valence-electron chi connectivity index (χ1n) is 7.42. The Kier molecular flexibility index (Phi) is 4.94. The molecule has 1 N–H and O–H groups in total. The van der Waals surface area contributed by atoms with Crippen LogP contribution in [0.15, 0.2) is 24.3 Å². The van der Waals surface area contributed by atoms with E-state index in [1.54, 1.807) is 17.0 Å². The third-order valence-electron chi connectivity index (χ3n) is 3.78. The van der Waals surface area contributed by atoms with Crippen LogP contribution >= 0.6 is 0 Å². The van der Waals surface area contributed by atoms with Crippen LogP contribution < -0.4 is 5.32 Å². The molecule has 1 aromatic rings. The van der Waals surface area contributed by atoms with Crippen molar-refractivity contribution in [1.29, 1.82) is 0 Å². The van der Waals surface area contributed by atoms with Crippen molar-refractivity contribution >= 4 is 11.8 Å². The molecule has 4 nitrogen and oxygen atoms in total. The van der Waals surface area contributed by atoms with Crippen molar-refractivity contribution in [2.75, 3.05) is 0 Å². The summed E-state index contributed by atoms with van der Waals surface area (Å²) in [6.45, 7) is 4.11. The molecular formula is C16H21FN2O2. The highest BCUT2D eigenvalue weighted by molar-refractivity contribution is 5.96. The highest BCUT2D eigenvalue weighted by Crippen LogP contribution is 2.19. The number of rotatable bonds is 5. The van der Waals surface area contributed by atoms with E-state index in [0.29, 0.717) is 18.4 Å². The Bertz CT molecular complexity index is 533. The highest BCUT2D eigenvalue weighted by atomic mass is 19.1. The monoisotopic (exact) mass is 292 g/mol. The smallest absolute Gasteiger partial charge is 0.246 e. The largest absolute Gasteiger partial charge is 0.343 e. The molecule has 1 fully saturated rings. The molecule has 1 saturated heterocycles. The number of nitrogens with one attached hydrogen (secondary N) is 1. The minimum Gasteiger partial charge on any atom is -0.343 e. The van der Waals surface area contributed by atoms with Gasteiger partial charge in [-0.15, -0.1) is 0 Å². The summed E-state index contributed by atoms with van der Waals surface area (Å²) in [4.78, 5) is 26.3. The molecule has 1 aliphatic rings. The predicted molar refractivity (Wildman–Crippen MR) is 77.9 cm³/mol. The van der Waals surface area contributed by atoms with Gasteiger partial charge in [-0.05, 0) is 30.5 Å². The summed E-state index contributed by atoms with van der Waals surface area (Å²) < 4.78 is 13.3. The Morgan fingerprint density at radius 2 is 2.05 bits per heavy atom. The first kappa shape index (κ1) is 15.5. The normalized spacial score (nSPS) is 22.3. The van der Waals surface area contributed by atoms with Crippen LogP contribution in [0.5, 0.6) is 0 Å². The lowest BCUT2D eigenvalue weighted by Gasteiger charge is -2.38. The van der Waals surface area contributed by atoms with E-state index in [-0.39, 0.29) is 24.2 Å². The van der Waals surface area contributed by atoms with Gasteiger partial charge in [0.05, 0.1) is 0 Å². The van der Waals surface area contributed by atoms with Crippen LogP contribution in [0.4, 0.5) is 4.39 Å². The maximum atomic E-state index is 13.3. The van der Waals surface area contributed by atoms with Crippen LogP contribution in [-0.4, -0.2) is 28.8 Å². The third-order valence-corrected chi connectivity index (χ3v) is 3.78. The molecule has 0 saturated carbocycles. The maximum Gasteiger partial charge on any atom is 0.246 e. The number of carbonyl (C=O) groups is 2. The van der Waals surface area contributed by atoms with Gasteiger partial charge < -0.3 is 10.2 Å². The molecule has 5 heteroatoms. The predicted octanol–water partition coefficient (Wildman–Crippen LogP) is 2.23. The molecule has 2 unspecified atom stereocenters. The number of hydrogen-bond acceptors (Lipinski definition) is 2. The van der Waals surface area contributed by atoms with Gasteiger partial charge in [0.2, 0.25) is 11.8 Å². The minimum atomic E-state index is -0.478. The Morgan fingerprint density at radius 1 is 1.29 bits per heavy atom. The lowest BCUT2D eigenvalue weighted by atomic mass is 10.0. The standard InChI is InChI=1S/C16H21FN2O2/c1-3-6-13-16(21)19(14(4-2)15(20)18-13)10-11-7-5-8-12(17)9-11/h5,7-9,13-14H,3-4,6,10H2,1-2H3,(H,18,20). The number of carbonyl (C=O) groups excluding carboxylic acids is 2. The van der Waals surface area contributed by atoms with Crippen LogP contribution in [0.3, 0.4) is 0 Å². The zero-order valence-electron chi connectivity index (χ0n) is 12.4.